The summed E-state index contributed by atoms with van der Waals surface area (Å²) >= 11 is 7.44. The molecule has 0 aliphatic carbocycles. The number of halogens is 1. The fraction of sp³-hybridized carbons (Fsp3) is 0.333. The molecule has 0 radical (unpaired) electrons. The number of aromatic nitrogens is 2. The van der Waals surface area contributed by atoms with Crippen LogP contribution in [0.5, 0.6) is 0 Å². The maximum atomic E-state index is 12.7. The average molecular weight is 460 g/mol. The standard InChI is InChI=1S/C21H22ClN5O3S/c22-16-2-4-17(5-3-16)23-21(29)27-10-1-9-26(11-12-27)19(28)7-6-18-24-25-20(30-18)15-8-13-31-14-15/h2-5,8,13-14H,1,6-7,9-12H2,(H,23,29). The van der Waals surface area contributed by atoms with Gasteiger partial charge in [-0.1, -0.05) is 11.6 Å². The number of urea groups is 1. The van der Waals surface area contributed by atoms with Crippen LogP contribution in [0.3, 0.4) is 0 Å². The normalized spacial score (nSPS) is 14.4. The summed E-state index contributed by atoms with van der Waals surface area (Å²) in [5, 5.41) is 15.4. The van der Waals surface area contributed by atoms with Crippen LogP contribution in [0.15, 0.2) is 45.5 Å². The molecular formula is C21H22ClN5O3S. The molecule has 1 N–H and O–H groups in total. The molecule has 0 spiro atoms. The Morgan fingerprint density at radius 3 is 2.61 bits per heavy atom. The molecule has 0 bridgehead atoms. The zero-order valence-electron chi connectivity index (χ0n) is 16.8. The van der Waals surface area contributed by atoms with Crippen molar-refractivity contribution < 1.29 is 14.0 Å². The van der Waals surface area contributed by atoms with Crippen molar-refractivity contribution in [1.29, 1.82) is 0 Å². The van der Waals surface area contributed by atoms with Gasteiger partial charge in [-0.15, -0.1) is 10.2 Å². The van der Waals surface area contributed by atoms with Crippen LogP contribution in [0.25, 0.3) is 11.5 Å². The lowest BCUT2D eigenvalue weighted by molar-refractivity contribution is -0.131. The Labute approximate surface area is 188 Å². The number of aryl methyl sites for hydroxylation is 1. The molecule has 1 fully saturated rings. The van der Waals surface area contributed by atoms with E-state index in [9.17, 15) is 9.59 Å². The van der Waals surface area contributed by atoms with E-state index in [1.165, 1.54) is 0 Å². The van der Waals surface area contributed by atoms with Crippen molar-refractivity contribution in [1.82, 2.24) is 20.0 Å². The summed E-state index contributed by atoms with van der Waals surface area (Å²) in [7, 11) is 0. The highest BCUT2D eigenvalue weighted by atomic mass is 35.5. The fourth-order valence-electron chi connectivity index (χ4n) is 3.34. The molecule has 4 rings (SSSR count). The van der Waals surface area contributed by atoms with Crippen LogP contribution in [0, 0.1) is 0 Å². The molecule has 2 aromatic heterocycles. The number of thiophene rings is 1. The Bertz CT molecular complexity index is 1020. The van der Waals surface area contributed by atoms with Crippen molar-refractivity contribution >= 4 is 40.6 Å². The summed E-state index contributed by atoms with van der Waals surface area (Å²) in [4.78, 5) is 28.7. The van der Waals surface area contributed by atoms with Gasteiger partial charge in [0.15, 0.2) is 0 Å². The number of nitrogens with zero attached hydrogens (tertiary/aromatic N) is 4. The first kappa shape index (κ1) is 21.3. The van der Waals surface area contributed by atoms with Crippen molar-refractivity contribution in [3.63, 3.8) is 0 Å². The second-order valence-electron chi connectivity index (χ2n) is 7.17. The van der Waals surface area contributed by atoms with Crippen LogP contribution in [-0.4, -0.2) is 58.1 Å². The number of rotatable bonds is 5. The first-order chi connectivity index (χ1) is 15.1. The summed E-state index contributed by atoms with van der Waals surface area (Å²) in [6, 6.07) is 8.71. The van der Waals surface area contributed by atoms with E-state index in [1.54, 1.807) is 45.4 Å². The molecular weight excluding hydrogens is 438 g/mol. The van der Waals surface area contributed by atoms with Gasteiger partial charge in [-0.3, -0.25) is 4.79 Å². The predicted octanol–water partition coefficient (Wildman–Crippen LogP) is 4.15. The van der Waals surface area contributed by atoms with E-state index in [-0.39, 0.29) is 11.9 Å². The number of carbonyl (C=O) groups is 2. The first-order valence-electron chi connectivity index (χ1n) is 10.0. The van der Waals surface area contributed by atoms with E-state index in [0.717, 1.165) is 12.0 Å². The number of carbonyl (C=O) groups excluding carboxylic acids is 2. The topological polar surface area (TPSA) is 91.6 Å². The van der Waals surface area contributed by atoms with Crippen LogP contribution in [0.1, 0.15) is 18.7 Å². The van der Waals surface area contributed by atoms with Gasteiger partial charge >= 0.3 is 6.03 Å². The van der Waals surface area contributed by atoms with Crippen LogP contribution in [-0.2, 0) is 11.2 Å². The van der Waals surface area contributed by atoms with Gasteiger partial charge < -0.3 is 19.5 Å². The Kier molecular flexibility index (Phi) is 6.83. The zero-order chi connectivity index (χ0) is 21.6. The van der Waals surface area contributed by atoms with Crippen molar-refractivity contribution in [2.24, 2.45) is 0 Å². The smallest absolute Gasteiger partial charge is 0.321 e. The summed E-state index contributed by atoms with van der Waals surface area (Å²) in [5.74, 6) is 0.949. The second kappa shape index (κ2) is 9.93. The number of hydrogen-bond acceptors (Lipinski definition) is 6. The largest absolute Gasteiger partial charge is 0.421 e. The molecule has 1 aliphatic rings. The Morgan fingerprint density at radius 1 is 1.06 bits per heavy atom. The minimum Gasteiger partial charge on any atom is -0.421 e. The Balaban J connectivity index is 1.25. The highest BCUT2D eigenvalue weighted by Gasteiger charge is 2.22. The van der Waals surface area contributed by atoms with Crippen LogP contribution < -0.4 is 5.32 Å². The molecule has 1 saturated heterocycles. The molecule has 0 saturated carbocycles. The molecule has 1 aromatic carbocycles. The van der Waals surface area contributed by atoms with Gasteiger partial charge in [0.05, 0.1) is 0 Å². The van der Waals surface area contributed by atoms with Crippen molar-refractivity contribution in [3.8, 4) is 11.5 Å². The zero-order valence-corrected chi connectivity index (χ0v) is 18.4. The van der Waals surface area contributed by atoms with Gasteiger partial charge in [0.2, 0.25) is 17.7 Å². The van der Waals surface area contributed by atoms with E-state index < -0.39 is 0 Å². The van der Waals surface area contributed by atoms with Gasteiger partial charge in [-0.25, -0.2) is 4.79 Å². The Morgan fingerprint density at radius 2 is 1.84 bits per heavy atom. The average Bonchev–Trinajstić information content (AvgIpc) is 3.41. The lowest BCUT2D eigenvalue weighted by Crippen LogP contribution is -2.39. The van der Waals surface area contributed by atoms with E-state index in [1.807, 2.05) is 16.8 Å². The SMILES string of the molecule is O=C(CCc1nnc(-c2ccsc2)o1)N1CCCN(C(=O)Nc2ccc(Cl)cc2)CC1. The van der Waals surface area contributed by atoms with Crippen molar-refractivity contribution in [3.05, 3.63) is 52.0 Å². The first-order valence-corrected chi connectivity index (χ1v) is 11.3. The number of nitrogens with one attached hydrogen (secondary N) is 1. The summed E-state index contributed by atoms with van der Waals surface area (Å²) in [5.41, 5.74) is 1.58. The van der Waals surface area contributed by atoms with E-state index >= 15 is 0 Å². The molecule has 1 aliphatic heterocycles. The molecule has 31 heavy (non-hydrogen) atoms. The predicted molar refractivity (Wildman–Crippen MR) is 119 cm³/mol. The van der Waals surface area contributed by atoms with Gasteiger partial charge in [0.25, 0.3) is 0 Å². The summed E-state index contributed by atoms with van der Waals surface area (Å²) in [6.07, 6.45) is 1.41. The van der Waals surface area contributed by atoms with Gasteiger partial charge in [-0.2, -0.15) is 11.3 Å². The second-order valence-corrected chi connectivity index (χ2v) is 8.39. The van der Waals surface area contributed by atoms with Crippen LogP contribution >= 0.6 is 22.9 Å². The number of hydrogen-bond donors (Lipinski definition) is 1. The molecule has 0 atom stereocenters. The number of amides is 3. The molecule has 3 amide bonds. The van der Waals surface area contributed by atoms with Crippen molar-refractivity contribution in [2.45, 2.75) is 19.3 Å². The maximum Gasteiger partial charge on any atom is 0.321 e. The van der Waals surface area contributed by atoms with E-state index in [4.69, 9.17) is 16.0 Å². The van der Waals surface area contributed by atoms with E-state index in [0.29, 0.717) is 61.5 Å². The van der Waals surface area contributed by atoms with Gasteiger partial charge in [-0.05, 0) is 42.1 Å². The third-order valence-electron chi connectivity index (χ3n) is 5.02. The Hall–Kier alpha value is -2.91. The molecule has 162 valence electrons. The summed E-state index contributed by atoms with van der Waals surface area (Å²) < 4.78 is 5.65. The molecule has 3 heterocycles. The molecule has 0 unspecified atom stereocenters. The molecule has 3 aromatic rings. The molecule has 10 heteroatoms. The minimum absolute atomic E-state index is 0.0234. The van der Waals surface area contributed by atoms with Crippen molar-refractivity contribution in [2.75, 3.05) is 31.5 Å². The van der Waals surface area contributed by atoms with Gasteiger partial charge in [0.1, 0.15) is 0 Å². The fourth-order valence-corrected chi connectivity index (χ4v) is 4.09. The van der Waals surface area contributed by atoms with Crippen LogP contribution in [0.2, 0.25) is 5.02 Å². The maximum absolute atomic E-state index is 12.7. The monoisotopic (exact) mass is 459 g/mol. The molecule has 8 nitrogen and oxygen atoms in total. The highest BCUT2D eigenvalue weighted by Crippen LogP contribution is 2.21. The van der Waals surface area contributed by atoms with Crippen LogP contribution in [0.4, 0.5) is 10.5 Å². The minimum atomic E-state index is -0.177. The number of anilines is 1. The lowest BCUT2D eigenvalue weighted by atomic mass is 10.2. The third-order valence-corrected chi connectivity index (χ3v) is 5.95. The number of benzene rings is 1. The van der Waals surface area contributed by atoms with E-state index in [2.05, 4.69) is 15.5 Å². The highest BCUT2D eigenvalue weighted by molar-refractivity contribution is 7.08. The third kappa shape index (κ3) is 5.62. The quantitative estimate of drug-likeness (QED) is 0.618. The lowest BCUT2D eigenvalue weighted by Gasteiger charge is -2.22. The van der Waals surface area contributed by atoms with Gasteiger partial charge in [0, 0.05) is 60.7 Å². The summed E-state index contributed by atoms with van der Waals surface area (Å²) in [6.45, 7) is 2.19.